The molecule has 0 saturated heterocycles. The van der Waals surface area contributed by atoms with Crippen LogP contribution in [0.3, 0.4) is 0 Å². The van der Waals surface area contributed by atoms with Crippen LogP contribution in [0.25, 0.3) is 0 Å². The predicted molar refractivity (Wildman–Crippen MR) is 82.2 cm³/mol. The van der Waals surface area contributed by atoms with E-state index in [-0.39, 0.29) is 12.1 Å². The fraction of sp³-hybridized carbons (Fsp3) is 0.250. The van der Waals surface area contributed by atoms with Gasteiger partial charge in [-0.2, -0.15) is 0 Å². The largest absolute Gasteiger partial charge is 0.508 e. The van der Waals surface area contributed by atoms with E-state index in [0.717, 1.165) is 4.47 Å². The number of rotatable bonds is 4. The standard InChI is InChI=1S/C16H18BrNO/c1-11(13-3-7-15(17)8-4-13)18-12(2)14-5-9-16(19)10-6-14/h3-12,18-19H,1-2H3. The maximum absolute atomic E-state index is 9.30. The Morgan fingerprint density at radius 2 is 1.26 bits per heavy atom. The first-order valence-corrected chi connectivity index (χ1v) is 7.16. The summed E-state index contributed by atoms with van der Waals surface area (Å²) in [4.78, 5) is 0. The van der Waals surface area contributed by atoms with Crippen molar-refractivity contribution in [3.63, 3.8) is 0 Å². The molecule has 0 bridgehead atoms. The van der Waals surface area contributed by atoms with Crippen molar-refractivity contribution in [2.75, 3.05) is 0 Å². The van der Waals surface area contributed by atoms with Gasteiger partial charge in [-0.05, 0) is 49.2 Å². The Morgan fingerprint density at radius 1 is 0.842 bits per heavy atom. The molecule has 2 unspecified atom stereocenters. The van der Waals surface area contributed by atoms with E-state index in [9.17, 15) is 5.11 Å². The summed E-state index contributed by atoms with van der Waals surface area (Å²) in [5, 5.41) is 12.9. The molecule has 0 aromatic heterocycles. The third kappa shape index (κ3) is 3.82. The van der Waals surface area contributed by atoms with Gasteiger partial charge in [0.25, 0.3) is 0 Å². The van der Waals surface area contributed by atoms with Gasteiger partial charge < -0.3 is 10.4 Å². The van der Waals surface area contributed by atoms with E-state index in [1.165, 1.54) is 11.1 Å². The molecule has 0 aliphatic rings. The minimum absolute atomic E-state index is 0.235. The first-order chi connectivity index (χ1) is 9.06. The molecular formula is C16H18BrNO. The molecule has 19 heavy (non-hydrogen) atoms. The Hall–Kier alpha value is -1.32. The zero-order valence-corrected chi connectivity index (χ0v) is 12.7. The highest BCUT2D eigenvalue weighted by Crippen LogP contribution is 2.22. The van der Waals surface area contributed by atoms with Gasteiger partial charge in [-0.25, -0.2) is 0 Å². The fourth-order valence-corrected chi connectivity index (χ4v) is 2.35. The average Bonchev–Trinajstić information content (AvgIpc) is 2.40. The molecule has 2 aromatic rings. The lowest BCUT2D eigenvalue weighted by molar-refractivity contribution is 0.472. The Morgan fingerprint density at radius 3 is 1.74 bits per heavy atom. The van der Waals surface area contributed by atoms with Gasteiger partial charge in [-0.15, -0.1) is 0 Å². The van der Waals surface area contributed by atoms with Crippen molar-refractivity contribution in [2.24, 2.45) is 0 Å². The van der Waals surface area contributed by atoms with Crippen LogP contribution in [-0.4, -0.2) is 5.11 Å². The maximum atomic E-state index is 9.30. The zero-order chi connectivity index (χ0) is 13.8. The lowest BCUT2D eigenvalue weighted by atomic mass is 10.0. The number of nitrogens with one attached hydrogen (secondary N) is 1. The van der Waals surface area contributed by atoms with Crippen LogP contribution in [0.1, 0.15) is 37.1 Å². The van der Waals surface area contributed by atoms with Crippen molar-refractivity contribution in [2.45, 2.75) is 25.9 Å². The summed E-state index contributed by atoms with van der Waals surface area (Å²) in [5.74, 6) is 0.303. The molecule has 2 N–H and O–H groups in total. The van der Waals surface area contributed by atoms with Crippen LogP contribution in [0.4, 0.5) is 0 Å². The van der Waals surface area contributed by atoms with E-state index in [1.807, 2.05) is 12.1 Å². The fourth-order valence-electron chi connectivity index (χ4n) is 2.08. The molecule has 0 heterocycles. The summed E-state index contributed by atoms with van der Waals surface area (Å²) < 4.78 is 1.09. The normalized spacial score (nSPS) is 14.1. The van der Waals surface area contributed by atoms with Crippen molar-refractivity contribution in [3.8, 4) is 5.75 Å². The van der Waals surface area contributed by atoms with Gasteiger partial charge in [0.1, 0.15) is 5.75 Å². The summed E-state index contributed by atoms with van der Waals surface area (Å²) >= 11 is 3.44. The highest BCUT2D eigenvalue weighted by molar-refractivity contribution is 9.10. The Bertz CT molecular complexity index is 472. The summed E-state index contributed by atoms with van der Waals surface area (Å²) in [6, 6.07) is 16.2. The van der Waals surface area contributed by atoms with Crippen molar-refractivity contribution < 1.29 is 5.11 Å². The quantitative estimate of drug-likeness (QED) is 0.865. The number of phenols is 1. The summed E-state index contributed by atoms with van der Waals surface area (Å²) in [7, 11) is 0. The summed E-state index contributed by atoms with van der Waals surface area (Å²) in [6.07, 6.45) is 0. The lowest BCUT2D eigenvalue weighted by Crippen LogP contribution is -2.22. The smallest absolute Gasteiger partial charge is 0.115 e. The highest BCUT2D eigenvalue weighted by Gasteiger charge is 2.10. The molecule has 0 radical (unpaired) electrons. The Kier molecular flexibility index (Phi) is 4.61. The third-order valence-electron chi connectivity index (χ3n) is 3.26. The number of benzene rings is 2. The van der Waals surface area contributed by atoms with Crippen LogP contribution in [0.2, 0.25) is 0 Å². The van der Waals surface area contributed by atoms with E-state index >= 15 is 0 Å². The van der Waals surface area contributed by atoms with E-state index in [1.54, 1.807) is 12.1 Å². The van der Waals surface area contributed by atoms with Crippen LogP contribution in [0.5, 0.6) is 5.75 Å². The Balaban J connectivity index is 2.03. The van der Waals surface area contributed by atoms with Gasteiger partial charge in [0.2, 0.25) is 0 Å². The molecule has 0 fully saturated rings. The molecule has 3 heteroatoms. The lowest BCUT2D eigenvalue weighted by Gasteiger charge is -2.21. The number of aromatic hydroxyl groups is 1. The molecular weight excluding hydrogens is 302 g/mol. The second-order valence-electron chi connectivity index (χ2n) is 4.75. The SMILES string of the molecule is CC(NC(C)c1ccc(Br)cc1)c1ccc(O)cc1. The van der Waals surface area contributed by atoms with E-state index in [4.69, 9.17) is 0 Å². The molecule has 0 amide bonds. The topological polar surface area (TPSA) is 32.3 Å². The second kappa shape index (κ2) is 6.22. The number of hydrogen-bond acceptors (Lipinski definition) is 2. The van der Waals surface area contributed by atoms with E-state index in [2.05, 4.69) is 59.4 Å². The van der Waals surface area contributed by atoms with Crippen LogP contribution >= 0.6 is 15.9 Å². The highest BCUT2D eigenvalue weighted by atomic mass is 79.9. The van der Waals surface area contributed by atoms with Crippen LogP contribution in [-0.2, 0) is 0 Å². The molecule has 0 spiro atoms. The van der Waals surface area contributed by atoms with Crippen molar-refractivity contribution in [1.82, 2.24) is 5.32 Å². The van der Waals surface area contributed by atoms with Crippen molar-refractivity contribution >= 4 is 15.9 Å². The van der Waals surface area contributed by atoms with Crippen LogP contribution in [0.15, 0.2) is 53.0 Å². The van der Waals surface area contributed by atoms with Gasteiger partial charge in [-0.3, -0.25) is 0 Å². The summed E-state index contributed by atoms with van der Waals surface area (Å²) in [5.41, 5.74) is 2.43. The molecule has 0 aliphatic carbocycles. The number of phenolic OH excluding ortho intramolecular Hbond substituents is 1. The Labute approximate surface area is 122 Å². The molecule has 2 nitrogen and oxygen atoms in total. The summed E-state index contributed by atoms with van der Waals surface area (Å²) in [6.45, 7) is 4.28. The van der Waals surface area contributed by atoms with Gasteiger partial charge in [0.15, 0.2) is 0 Å². The molecule has 0 aliphatic heterocycles. The molecule has 0 saturated carbocycles. The zero-order valence-electron chi connectivity index (χ0n) is 11.1. The van der Waals surface area contributed by atoms with E-state index in [0.29, 0.717) is 5.75 Å². The molecule has 100 valence electrons. The third-order valence-corrected chi connectivity index (χ3v) is 3.79. The van der Waals surface area contributed by atoms with Gasteiger partial charge in [0.05, 0.1) is 0 Å². The molecule has 2 atom stereocenters. The van der Waals surface area contributed by atoms with Crippen LogP contribution in [0, 0.1) is 0 Å². The predicted octanol–water partition coefficient (Wildman–Crippen LogP) is 4.57. The number of hydrogen-bond donors (Lipinski definition) is 2. The maximum Gasteiger partial charge on any atom is 0.115 e. The van der Waals surface area contributed by atoms with Gasteiger partial charge >= 0.3 is 0 Å². The molecule has 2 aromatic carbocycles. The van der Waals surface area contributed by atoms with Gasteiger partial charge in [-0.1, -0.05) is 40.2 Å². The van der Waals surface area contributed by atoms with E-state index < -0.39 is 0 Å². The molecule has 2 rings (SSSR count). The van der Waals surface area contributed by atoms with Crippen molar-refractivity contribution in [1.29, 1.82) is 0 Å². The minimum Gasteiger partial charge on any atom is -0.508 e. The van der Waals surface area contributed by atoms with Crippen molar-refractivity contribution in [3.05, 3.63) is 64.1 Å². The minimum atomic E-state index is 0.235. The number of halogens is 1. The van der Waals surface area contributed by atoms with Gasteiger partial charge in [0, 0.05) is 16.6 Å². The van der Waals surface area contributed by atoms with Crippen LogP contribution < -0.4 is 5.32 Å². The second-order valence-corrected chi connectivity index (χ2v) is 5.67. The first-order valence-electron chi connectivity index (χ1n) is 6.36. The monoisotopic (exact) mass is 319 g/mol. The first kappa shape index (κ1) is 14.1. The average molecular weight is 320 g/mol.